The standard InChI is InChI=1S/C13H16Cl2N2O2/c1-16-3-5-17(6-4-16)13(18)10-7-9(14)8-11(15)12(10)19-2/h7-8H,3-6H2,1-2H3. The molecule has 1 fully saturated rings. The Morgan fingerprint density at radius 3 is 2.42 bits per heavy atom. The SMILES string of the molecule is COc1c(Cl)cc(Cl)cc1C(=O)N1CCN(C)CC1. The lowest BCUT2D eigenvalue weighted by atomic mass is 10.1. The Balaban J connectivity index is 2.28. The van der Waals surface area contributed by atoms with Gasteiger partial charge in [0.15, 0.2) is 0 Å². The topological polar surface area (TPSA) is 32.8 Å². The highest BCUT2D eigenvalue weighted by molar-refractivity contribution is 6.36. The fraction of sp³-hybridized carbons (Fsp3) is 0.462. The molecule has 0 aromatic heterocycles. The monoisotopic (exact) mass is 302 g/mol. The molecule has 1 aromatic rings. The molecule has 2 rings (SSSR count). The summed E-state index contributed by atoms with van der Waals surface area (Å²) in [6.45, 7) is 3.12. The normalized spacial score (nSPS) is 16.5. The first-order valence-corrected chi connectivity index (χ1v) is 6.79. The zero-order chi connectivity index (χ0) is 14.0. The Bertz CT molecular complexity index is 486. The van der Waals surface area contributed by atoms with Crippen molar-refractivity contribution in [1.82, 2.24) is 9.80 Å². The molecule has 0 radical (unpaired) electrons. The lowest BCUT2D eigenvalue weighted by Gasteiger charge is -2.32. The summed E-state index contributed by atoms with van der Waals surface area (Å²) in [4.78, 5) is 16.5. The fourth-order valence-corrected chi connectivity index (χ4v) is 2.68. The third-order valence-corrected chi connectivity index (χ3v) is 3.73. The van der Waals surface area contributed by atoms with Crippen LogP contribution in [-0.2, 0) is 0 Å². The van der Waals surface area contributed by atoms with E-state index in [9.17, 15) is 4.79 Å². The van der Waals surface area contributed by atoms with E-state index >= 15 is 0 Å². The molecule has 104 valence electrons. The van der Waals surface area contributed by atoms with Gasteiger partial charge in [0.1, 0.15) is 5.75 Å². The third-order valence-electron chi connectivity index (χ3n) is 3.23. The van der Waals surface area contributed by atoms with Crippen LogP contribution >= 0.6 is 23.2 Å². The lowest BCUT2D eigenvalue weighted by molar-refractivity contribution is 0.0661. The second kappa shape index (κ2) is 5.99. The van der Waals surface area contributed by atoms with E-state index in [1.165, 1.54) is 7.11 Å². The highest BCUT2D eigenvalue weighted by Crippen LogP contribution is 2.33. The second-order valence-corrected chi connectivity index (χ2v) is 5.41. The van der Waals surface area contributed by atoms with Crippen molar-refractivity contribution in [3.05, 3.63) is 27.7 Å². The van der Waals surface area contributed by atoms with Crippen molar-refractivity contribution in [1.29, 1.82) is 0 Å². The maximum Gasteiger partial charge on any atom is 0.257 e. The van der Waals surface area contributed by atoms with Gasteiger partial charge in [0.05, 0.1) is 17.7 Å². The number of likely N-dealkylation sites (N-methyl/N-ethyl adjacent to an activating group) is 1. The zero-order valence-corrected chi connectivity index (χ0v) is 12.5. The van der Waals surface area contributed by atoms with Gasteiger partial charge in [0, 0.05) is 31.2 Å². The lowest BCUT2D eigenvalue weighted by Crippen LogP contribution is -2.47. The Hall–Kier alpha value is -0.970. The molecule has 1 saturated heterocycles. The Kier molecular flexibility index (Phi) is 4.55. The molecule has 0 N–H and O–H groups in total. The highest BCUT2D eigenvalue weighted by atomic mass is 35.5. The molecule has 0 bridgehead atoms. The van der Waals surface area contributed by atoms with E-state index in [2.05, 4.69) is 4.90 Å². The van der Waals surface area contributed by atoms with Gasteiger partial charge in [-0.1, -0.05) is 23.2 Å². The number of ether oxygens (including phenoxy) is 1. The van der Waals surface area contributed by atoms with Gasteiger partial charge in [-0.2, -0.15) is 0 Å². The van der Waals surface area contributed by atoms with Crippen LogP contribution in [0.3, 0.4) is 0 Å². The van der Waals surface area contributed by atoms with Gasteiger partial charge in [-0.3, -0.25) is 4.79 Å². The van der Waals surface area contributed by atoms with Crippen LogP contribution < -0.4 is 4.74 Å². The quantitative estimate of drug-likeness (QED) is 0.841. The van der Waals surface area contributed by atoms with Crippen molar-refractivity contribution in [2.75, 3.05) is 40.3 Å². The van der Waals surface area contributed by atoms with Crippen LogP contribution in [0.25, 0.3) is 0 Å². The smallest absolute Gasteiger partial charge is 0.257 e. The van der Waals surface area contributed by atoms with Crippen molar-refractivity contribution in [3.8, 4) is 5.75 Å². The molecule has 1 aliphatic heterocycles. The molecule has 6 heteroatoms. The van der Waals surface area contributed by atoms with Crippen LogP contribution in [0.1, 0.15) is 10.4 Å². The fourth-order valence-electron chi connectivity index (χ4n) is 2.11. The molecule has 0 unspecified atom stereocenters. The van der Waals surface area contributed by atoms with E-state index in [-0.39, 0.29) is 5.91 Å². The summed E-state index contributed by atoms with van der Waals surface area (Å²) in [7, 11) is 3.54. The van der Waals surface area contributed by atoms with Gasteiger partial charge < -0.3 is 14.5 Å². The van der Waals surface area contributed by atoms with Crippen molar-refractivity contribution in [3.63, 3.8) is 0 Å². The summed E-state index contributed by atoms with van der Waals surface area (Å²) < 4.78 is 5.22. The van der Waals surface area contributed by atoms with Gasteiger partial charge in [0.25, 0.3) is 5.91 Å². The van der Waals surface area contributed by atoms with E-state index in [0.29, 0.717) is 34.4 Å². The predicted octanol–water partition coefficient (Wildman–Crippen LogP) is 2.39. The molecule has 1 aromatic carbocycles. The second-order valence-electron chi connectivity index (χ2n) is 4.56. The minimum atomic E-state index is -0.0886. The number of nitrogens with zero attached hydrogens (tertiary/aromatic N) is 2. The van der Waals surface area contributed by atoms with Gasteiger partial charge >= 0.3 is 0 Å². The summed E-state index contributed by atoms with van der Waals surface area (Å²) >= 11 is 12.0. The molecule has 1 heterocycles. The molecule has 0 aliphatic carbocycles. The van der Waals surface area contributed by atoms with Gasteiger partial charge in [-0.15, -0.1) is 0 Å². The number of hydrogen-bond acceptors (Lipinski definition) is 3. The molecule has 0 saturated carbocycles. The number of methoxy groups -OCH3 is 1. The summed E-state index contributed by atoms with van der Waals surface area (Å²) in [6, 6.07) is 3.18. The van der Waals surface area contributed by atoms with Crippen LogP contribution in [0, 0.1) is 0 Å². The van der Waals surface area contributed by atoms with Gasteiger partial charge in [-0.25, -0.2) is 0 Å². The summed E-state index contributed by atoms with van der Waals surface area (Å²) in [6.07, 6.45) is 0. The van der Waals surface area contributed by atoms with Crippen LogP contribution in [0.5, 0.6) is 5.75 Å². The molecule has 0 atom stereocenters. The number of amides is 1. The van der Waals surface area contributed by atoms with Crippen molar-refractivity contribution >= 4 is 29.1 Å². The molecule has 19 heavy (non-hydrogen) atoms. The van der Waals surface area contributed by atoms with Crippen LogP contribution in [-0.4, -0.2) is 56.0 Å². The number of carbonyl (C=O) groups is 1. The number of hydrogen-bond donors (Lipinski definition) is 0. The maximum atomic E-state index is 12.5. The first kappa shape index (κ1) is 14.4. The predicted molar refractivity (Wildman–Crippen MR) is 76.4 cm³/mol. The number of benzene rings is 1. The minimum absolute atomic E-state index is 0.0886. The summed E-state index contributed by atoms with van der Waals surface area (Å²) in [5.41, 5.74) is 0.421. The molecular formula is C13H16Cl2N2O2. The zero-order valence-electron chi connectivity index (χ0n) is 10.9. The van der Waals surface area contributed by atoms with E-state index in [1.54, 1.807) is 17.0 Å². The molecular weight excluding hydrogens is 287 g/mol. The van der Waals surface area contributed by atoms with Crippen molar-refractivity contribution < 1.29 is 9.53 Å². The van der Waals surface area contributed by atoms with Gasteiger partial charge in [0.2, 0.25) is 0 Å². The largest absolute Gasteiger partial charge is 0.494 e. The first-order chi connectivity index (χ1) is 9.02. The van der Waals surface area contributed by atoms with Crippen molar-refractivity contribution in [2.24, 2.45) is 0 Å². The summed E-state index contributed by atoms with van der Waals surface area (Å²) in [5, 5.41) is 0.788. The number of carbonyl (C=O) groups excluding carboxylic acids is 1. The Morgan fingerprint density at radius 2 is 1.84 bits per heavy atom. The Morgan fingerprint density at radius 1 is 1.21 bits per heavy atom. The molecule has 1 amide bonds. The average Bonchev–Trinajstić information content (AvgIpc) is 2.38. The number of piperazine rings is 1. The Labute approximate surface area is 122 Å². The van der Waals surface area contributed by atoms with E-state index in [0.717, 1.165) is 13.1 Å². The molecule has 0 spiro atoms. The molecule has 1 aliphatic rings. The maximum absolute atomic E-state index is 12.5. The van der Waals surface area contributed by atoms with E-state index < -0.39 is 0 Å². The third kappa shape index (κ3) is 3.14. The van der Waals surface area contributed by atoms with Crippen LogP contribution in [0.4, 0.5) is 0 Å². The molecule has 4 nitrogen and oxygen atoms in total. The minimum Gasteiger partial charge on any atom is -0.494 e. The number of halogens is 2. The van der Waals surface area contributed by atoms with Crippen LogP contribution in [0.15, 0.2) is 12.1 Å². The van der Waals surface area contributed by atoms with Crippen molar-refractivity contribution in [2.45, 2.75) is 0 Å². The average molecular weight is 303 g/mol. The first-order valence-electron chi connectivity index (χ1n) is 6.03. The summed E-state index contributed by atoms with van der Waals surface area (Å²) in [5.74, 6) is 0.296. The van der Waals surface area contributed by atoms with E-state index in [4.69, 9.17) is 27.9 Å². The van der Waals surface area contributed by atoms with Gasteiger partial charge in [-0.05, 0) is 19.2 Å². The number of rotatable bonds is 2. The van der Waals surface area contributed by atoms with E-state index in [1.807, 2.05) is 7.05 Å². The highest BCUT2D eigenvalue weighted by Gasteiger charge is 2.24. The van der Waals surface area contributed by atoms with Crippen LogP contribution in [0.2, 0.25) is 10.0 Å².